The van der Waals surface area contributed by atoms with E-state index in [2.05, 4.69) is 20.6 Å². The van der Waals surface area contributed by atoms with Gasteiger partial charge in [0.25, 0.3) is 0 Å². The van der Waals surface area contributed by atoms with E-state index in [0.29, 0.717) is 5.95 Å². The minimum atomic E-state index is 0.237. The van der Waals surface area contributed by atoms with Gasteiger partial charge in [-0.15, -0.1) is 11.3 Å². The van der Waals surface area contributed by atoms with Crippen LogP contribution in [0.2, 0.25) is 0 Å². The summed E-state index contributed by atoms with van der Waals surface area (Å²) in [5.74, 6) is 1.49. The van der Waals surface area contributed by atoms with E-state index in [1.807, 2.05) is 18.5 Å². The maximum atomic E-state index is 8.72. The van der Waals surface area contributed by atoms with Gasteiger partial charge in [0.15, 0.2) is 0 Å². The Morgan fingerprint density at radius 1 is 1.35 bits per heavy atom. The molecule has 0 spiro atoms. The fourth-order valence-corrected chi connectivity index (χ4v) is 2.31. The number of unbranched alkanes of at least 4 members (excludes halogenated alkanes) is 1. The van der Waals surface area contributed by atoms with Gasteiger partial charge >= 0.3 is 0 Å². The van der Waals surface area contributed by atoms with Crippen LogP contribution in [-0.4, -0.2) is 35.3 Å². The highest BCUT2D eigenvalue weighted by Crippen LogP contribution is 2.26. The van der Waals surface area contributed by atoms with Gasteiger partial charge < -0.3 is 15.7 Å². The van der Waals surface area contributed by atoms with Crippen LogP contribution in [0.4, 0.5) is 11.8 Å². The van der Waals surface area contributed by atoms with Gasteiger partial charge in [-0.25, -0.2) is 4.98 Å². The second kappa shape index (κ2) is 5.79. The predicted molar refractivity (Wildman–Crippen MR) is 71.8 cm³/mol. The van der Waals surface area contributed by atoms with E-state index in [1.165, 1.54) is 0 Å². The molecule has 0 bridgehead atoms. The fraction of sp³-hybridized carbons (Fsp3) is 0.455. The number of aliphatic hydroxyl groups is 1. The van der Waals surface area contributed by atoms with E-state index in [9.17, 15) is 0 Å². The lowest BCUT2D eigenvalue weighted by Gasteiger charge is -2.07. The van der Waals surface area contributed by atoms with Crippen LogP contribution in [0.5, 0.6) is 0 Å². The van der Waals surface area contributed by atoms with Gasteiger partial charge in [-0.1, -0.05) is 0 Å². The summed E-state index contributed by atoms with van der Waals surface area (Å²) in [6.07, 6.45) is 1.74. The second-order valence-electron chi connectivity index (χ2n) is 3.64. The van der Waals surface area contributed by atoms with Crippen molar-refractivity contribution in [2.45, 2.75) is 12.8 Å². The molecule has 0 aliphatic rings. The van der Waals surface area contributed by atoms with Crippen LogP contribution in [0, 0.1) is 0 Å². The van der Waals surface area contributed by atoms with E-state index in [-0.39, 0.29) is 6.61 Å². The molecule has 0 unspecified atom stereocenters. The van der Waals surface area contributed by atoms with Gasteiger partial charge in [-0.2, -0.15) is 4.98 Å². The van der Waals surface area contributed by atoms with E-state index < -0.39 is 0 Å². The standard InChI is InChI=1S/C11H16N4OS/c1-12-11-14-9(13-5-2-3-6-16)8-4-7-17-10(8)15-11/h4,7,16H,2-3,5-6H2,1H3,(H2,12,13,14,15). The van der Waals surface area contributed by atoms with Crippen molar-refractivity contribution in [3.05, 3.63) is 11.4 Å². The average Bonchev–Trinajstić information content (AvgIpc) is 2.82. The van der Waals surface area contributed by atoms with Crippen LogP contribution in [-0.2, 0) is 0 Å². The van der Waals surface area contributed by atoms with Crippen LogP contribution in [0.15, 0.2) is 11.4 Å². The molecule has 5 nitrogen and oxygen atoms in total. The summed E-state index contributed by atoms with van der Waals surface area (Å²) in [6.45, 7) is 1.05. The maximum absolute atomic E-state index is 8.72. The van der Waals surface area contributed by atoms with Crippen LogP contribution < -0.4 is 10.6 Å². The SMILES string of the molecule is CNc1nc(NCCCCO)c2ccsc2n1. The van der Waals surface area contributed by atoms with Crippen molar-refractivity contribution in [1.29, 1.82) is 0 Å². The summed E-state index contributed by atoms with van der Waals surface area (Å²) in [6, 6.07) is 2.02. The normalized spacial score (nSPS) is 10.7. The number of rotatable bonds is 6. The molecule has 2 aromatic heterocycles. The first-order valence-electron chi connectivity index (χ1n) is 5.63. The first-order chi connectivity index (χ1) is 8.35. The van der Waals surface area contributed by atoms with Crippen LogP contribution >= 0.6 is 11.3 Å². The molecule has 2 rings (SSSR count). The summed E-state index contributed by atoms with van der Waals surface area (Å²) in [4.78, 5) is 9.76. The first-order valence-corrected chi connectivity index (χ1v) is 6.51. The van der Waals surface area contributed by atoms with Gasteiger partial charge in [-0.05, 0) is 24.3 Å². The molecular formula is C11H16N4OS. The molecule has 0 saturated heterocycles. The highest BCUT2D eigenvalue weighted by atomic mass is 32.1. The number of fused-ring (bicyclic) bond motifs is 1. The van der Waals surface area contributed by atoms with Crippen molar-refractivity contribution in [2.24, 2.45) is 0 Å². The molecule has 2 aromatic rings. The molecule has 0 aliphatic carbocycles. The van der Waals surface area contributed by atoms with Crippen molar-refractivity contribution in [1.82, 2.24) is 9.97 Å². The molecule has 17 heavy (non-hydrogen) atoms. The second-order valence-corrected chi connectivity index (χ2v) is 4.54. The Balaban J connectivity index is 2.16. The van der Waals surface area contributed by atoms with E-state index >= 15 is 0 Å². The lowest BCUT2D eigenvalue weighted by Crippen LogP contribution is -2.06. The molecule has 0 fully saturated rings. The lowest BCUT2D eigenvalue weighted by atomic mass is 10.3. The minimum absolute atomic E-state index is 0.237. The quantitative estimate of drug-likeness (QED) is 0.685. The number of aromatic nitrogens is 2. The molecule has 0 aromatic carbocycles. The Labute approximate surface area is 104 Å². The topological polar surface area (TPSA) is 70.1 Å². The largest absolute Gasteiger partial charge is 0.396 e. The molecule has 0 radical (unpaired) electrons. The number of anilines is 2. The fourth-order valence-electron chi connectivity index (χ4n) is 1.55. The molecule has 2 heterocycles. The first kappa shape index (κ1) is 12.1. The summed E-state index contributed by atoms with van der Waals surface area (Å²) in [5.41, 5.74) is 0. The molecule has 0 saturated carbocycles. The molecule has 3 N–H and O–H groups in total. The Morgan fingerprint density at radius 2 is 2.24 bits per heavy atom. The maximum Gasteiger partial charge on any atom is 0.225 e. The van der Waals surface area contributed by atoms with Gasteiger partial charge in [0.1, 0.15) is 10.6 Å². The van der Waals surface area contributed by atoms with Gasteiger partial charge in [0, 0.05) is 20.2 Å². The Hall–Kier alpha value is -1.40. The van der Waals surface area contributed by atoms with Crippen molar-refractivity contribution in [3.8, 4) is 0 Å². The van der Waals surface area contributed by atoms with Crippen molar-refractivity contribution < 1.29 is 5.11 Å². The molecule has 0 amide bonds. The highest BCUT2D eigenvalue weighted by Gasteiger charge is 2.07. The lowest BCUT2D eigenvalue weighted by molar-refractivity contribution is 0.286. The van der Waals surface area contributed by atoms with Crippen LogP contribution in [0.3, 0.4) is 0 Å². The Morgan fingerprint density at radius 3 is 3.00 bits per heavy atom. The highest BCUT2D eigenvalue weighted by molar-refractivity contribution is 7.16. The van der Waals surface area contributed by atoms with Crippen LogP contribution in [0.25, 0.3) is 10.2 Å². The zero-order valence-corrected chi connectivity index (χ0v) is 10.5. The van der Waals surface area contributed by atoms with E-state index in [0.717, 1.165) is 35.4 Å². The zero-order chi connectivity index (χ0) is 12.1. The molecular weight excluding hydrogens is 236 g/mol. The monoisotopic (exact) mass is 252 g/mol. The number of nitrogens with one attached hydrogen (secondary N) is 2. The van der Waals surface area contributed by atoms with Crippen LogP contribution in [0.1, 0.15) is 12.8 Å². The molecule has 0 atom stereocenters. The number of nitrogens with zero attached hydrogens (tertiary/aromatic N) is 2. The van der Waals surface area contributed by atoms with Gasteiger partial charge in [0.2, 0.25) is 5.95 Å². The number of aliphatic hydroxyl groups excluding tert-OH is 1. The van der Waals surface area contributed by atoms with Gasteiger partial charge in [-0.3, -0.25) is 0 Å². The summed E-state index contributed by atoms with van der Waals surface area (Å²) in [7, 11) is 1.81. The smallest absolute Gasteiger partial charge is 0.225 e. The number of hydrogen-bond acceptors (Lipinski definition) is 6. The minimum Gasteiger partial charge on any atom is -0.396 e. The third-order valence-electron chi connectivity index (χ3n) is 2.43. The summed E-state index contributed by atoms with van der Waals surface area (Å²) >= 11 is 1.60. The van der Waals surface area contributed by atoms with Crippen molar-refractivity contribution in [2.75, 3.05) is 30.8 Å². The number of hydrogen-bond donors (Lipinski definition) is 3. The van der Waals surface area contributed by atoms with Gasteiger partial charge in [0.05, 0.1) is 5.39 Å². The number of thiophene rings is 1. The Kier molecular flexibility index (Phi) is 4.11. The van der Waals surface area contributed by atoms with Crippen molar-refractivity contribution >= 4 is 33.3 Å². The van der Waals surface area contributed by atoms with E-state index in [1.54, 1.807) is 11.3 Å². The Bertz CT molecular complexity index is 485. The molecule has 92 valence electrons. The predicted octanol–water partition coefficient (Wildman–Crippen LogP) is 1.92. The zero-order valence-electron chi connectivity index (χ0n) is 9.73. The average molecular weight is 252 g/mol. The summed E-state index contributed by atoms with van der Waals surface area (Å²) in [5, 5.41) is 18.0. The van der Waals surface area contributed by atoms with E-state index in [4.69, 9.17) is 5.11 Å². The third-order valence-corrected chi connectivity index (χ3v) is 3.23. The summed E-state index contributed by atoms with van der Waals surface area (Å²) < 4.78 is 0. The molecule has 6 heteroatoms. The van der Waals surface area contributed by atoms with Crippen molar-refractivity contribution in [3.63, 3.8) is 0 Å². The third kappa shape index (κ3) is 2.83. The molecule has 0 aliphatic heterocycles.